The fourth-order valence-electron chi connectivity index (χ4n) is 4.16. The van der Waals surface area contributed by atoms with E-state index in [0.717, 1.165) is 24.2 Å². The Morgan fingerprint density at radius 2 is 2.12 bits per heavy atom. The largest absolute Gasteiger partial charge is 0.460 e. The van der Waals surface area contributed by atoms with Gasteiger partial charge in [0.2, 0.25) is 0 Å². The number of carbonyl (C=O) groups excluding carboxylic acids is 1. The molecule has 0 spiro atoms. The normalized spacial score (nSPS) is 29.0. The molecule has 5 heterocycles. The van der Waals surface area contributed by atoms with E-state index in [-0.39, 0.29) is 11.9 Å². The molecule has 0 aromatic carbocycles. The van der Waals surface area contributed by atoms with Crippen molar-refractivity contribution in [3.63, 3.8) is 0 Å². The number of amides is 1. The van der Waals surface area contributed by atoms with Crippen LogP contribution in [-0.4, -0.2) is 55.1 Å². The van der Waals surface area contributed by atoms with Gasteiger partial charge in [0.05, 0.1) is 11.9 Å². The maximum atomic E-state index is 12.7. The zero-order chi connectivity index (χ0) is 16.8. The minimum atomic E-state index is -0.0894. The van der Waals surface area contributed by atoms with Crippen LogP contribution in [0.15, 0.2) is 22.9 Å². The van der Waals surface area contributed by atoms with Gasteiger partial charge in [-0.15, -0.1) is 0 Å². The monoisotopic (exact) mass is 328 g/mol. The molecule has 5 rings (SSSR count). The van der Waals surface area contributed by atoms with Crippen LogP contribution >= 0.6 is 0 Å². The Bertz CT molecular complexity index is 759. The van der Waals surface area contributed by atoms with Crippen molar-refractivity contribution in [2.24, 2.45) is 5.92 Å². The fraction of sp³-hybridized carbons (Fsp3) is 0.556. The van der Waals surface area contributed by atoms with Crippen LogP contribution in [0.1, 0.15) is 30.3 Å². The van der Waals surface area contributed by atoms with Crippen molar-refractivity contribution in [2.45, 2.75) is 31.8 Å². The van der Waals surface area contributed by atoms with Crippen molar-refractivity contribution in [3.8, 4) is 0 Å². The second-order valence-corrected chi connectivity index (χ2v) is 7.19. The lowest BCUT2D eigenvalue weighted by molar-refractivity contribution is 0.0216. The molecular formula is C18H24N4O2. The van der Waals surface area contributed by atoms with Crippen LogP contribution in [0.4, 0.5) is 5.69 Å². The lowest BCUT2D eigenvalue weighted by Gasteiger charge is -2.49. The zero-order valence-corrected chi connectivity index (χ0v) is 14.5. The van der Waals surface area contributed by atoms with Gasteiger partial charge in [0.15, 0.2) is 5.58 Å². The van der Waals surface area contributed by atoms with Gasteiger partial charge in [-0.25, -0.2) is 4.98 Å². The molecule has 2 aromatic rings. The first-order valence-electron chi connectivity index (χ1n) is 8.64. The second-order valence-electron chi connectivity index (χ2n) is 7.19. The van der Waals surface area contributed by atoms with Crippen LogP contribution in [0, 0.1) is 5.92 Å². The molecule has 0 saturated carbocycles. The minimum absolute atomic E-state index is 0.0894. The summed E-state index contributed by atoms with van der Waals surface area (Å²) in [5.74, 6) is 0.498. The van der Waals surface area contributed by atoms with Crippen molar-refractivity contribution in [1.82, 2.24) is 15.2 Å². The van der Waals surface area contributed by atoms with Crippen molar-refractivity contribution >= 4 is 22.6 Å². The average molecular weight is 328 g/mol. The summed E-state index contributed by atoms with van der Waals surface area (Å²) in [5, 5.41) is 4.15. The van der Waals surface area contributed by atoms with Gasteiger partial charge < -0.3 is 14.6 Å². The molecule has 0 aliphatic carbocycles. The van der Waals surface area contributed by atoms with Crippen LogP contribution < -0.4 is 10.2 Å². The number of hydrogen-bond donors (Lipinski definition) is 1. The third kappa shape index (κ3) is 2.45. The number of pyridine rings is 1. The molecule has 1 N–H and O–H groups in total. The summed E-state index contributed by atoms with van der Waals surface area (Å²) in [6.07, 6.45) is 5.68. The molecule has 128 valence electrons. The molecule has 6 nitrogen and oxygen atoms in total. The maximum Gasteiger partial charge on any atom is 0.270 e. The fourth-order valence-corrected chi connectivity index (χ4v) is 4.16. The van der Waals surface area contributed by atoms with Gasteiger partial charge in [0.25, 0.3) is 5.91 Å². The van der Waals surface area contributed by atoms with Gasteiger partial charge in [-0.3, -0.25) is 9.69 Å². The predicted molar refractivity (Wildman–Crippen MR) is 93.3 cm³/mol. The molecule has 2 aromatic heterocycles. The third-order valence-corrected chi connectivity index (χ3v) is 5.63. The van der Waals surface area contributed by atoms with Crippen molar-refractivity contribution in [1.29, 1.82) is 0 Å². The minimum Gasteiger partial charge on any atom is -0.460 e. The highest BCUT2D eigenvalue weighted by atomic mass is 16.3. The van der Waals surface area contributed by atoms with Crippen molar-refractivity contribution < 1.29 is 9.21 Å². The van der Waals surface area contributed by atoms with Gasteiger partial charge in [-0.05, 0) is 44.8 Å². The Labute approximate surface area is 141 Å². The smallest absolute Gasteiger partial charge is 0.270 e. The van der Waals surface area contributed by atoms with Crippen LogP contribution in [0.25, 0.3) is 11.0 Å². The van der Waals surface area contributed by atoms with Gasteiger partial charge in [0.1, 0.15) is 12.0 Å². The number of carbonyl (C=O) groups is 1. The second kappa shape index (κ2) is 5.77. The van der Waals surface area contributed by atoms with Crippen LogP contribution in [0.5, 0.6) is 0 Å². The third-order valence-electron chi connectivity index (χ3n) is 5.63. The number of furan rings is 1. The van der Waals surface area contributed by atoms with E-state index in [1.807, 2.05) is 25.1 Å². The summed E-state index contributed by atoms with van der Waals surface area (Å²) >= 11 is 0. The first-order chi connectivity index (χ1) is 11.5. The summed E-state index contributed by atoms with van der Waals surface area (Å²) in [6, 6.07) is 2.45. The van der Waals surface area contributed by atoms with E-state index in [0.29, 0.717) is 23.2 Å². The maximum absolute atomic E-state index is 12.7. The molecule has 2 bridgehead atoms. The summed E-state index contributed by atoms with van der Waals surface area (Å²) in [4.78, 5) is 21.5. The van der Waals surface area contributed by atoms with E-state index >= 15 is 0 Å². The predicted octanol–water partition coefficient (Wildman–Crippen LogP) is 2.11. The molecule has 3 aliphatic heterocycles. The van der Waals surface area contributed by atoms with Crippen LogP contribution in [0.3, 0.4) is 0 Å². The lowest BCUT2D eigenvalue weighted by Crippen LogP contribution is -2.62. The lowest BCUT2D eigenvalue weighted by atomic mass is 9.79. The zero-order valence-electron chi connectivity index (χ0n) is 14.5. The Hall–Kier alpha value is -2.08. The summed E-state index contributed by atoms with van der Waals surface area (Å²) < 4.78 is 5.51. The molecule has 24 heavy (non-hydrogen) atoms. The first-order valence-corrected chi connectivity index (χ1v) is 8.64. The molecule has 3 fully saturated rings. The Kier molecular flexibility index (Phi) is 3.72. The van der Waals surface area contributed by atoms with Crippen molar-refractivity contribution in [3.05, 3.63) is 24.2 Å². The first kappa shape index (κ1) is 15.4. The number of piperidine rings is 3. The molecule has 1 amide bonds. The van der Waals surface area contributed by atoms with E-state index in [2.05, 4.69) is 22.1 Å². The highest BCUT2D eigenvalue weighted by Crippen LogP contribution is 2.32. The number of fused-ring (bicyclic) bond motifs is 4. The molecule has 6 heteroatoms. The standard InChI is InChI=1S/C18H24N4O2/c1-11-17(12-4-6-22(11)7-5-12)20-18(23)14-8-13-15(21(2)3)10-24-16(13)9-19-14/h8-12,17H,4-7H2,1-3H3,(H,20,23)/t11-,17-/m0/s1. The topological polar surface area (TPSA) is 61.6 Å². The van der Waals surface area contributed by atoms with E-state index in [1.165, 1.54) is 12.8 Å². The highest BCUT2D eigenvalue weighted by Gasteiger charge is 2.40. The Balaban J connectivity index is 1.58. The quantitative estimate of drug-likeness (QED) is 0.935. The highest BCUT2D eigenvalue weighted by molar-refractivity contribution is 5.99. The molecular weight excluding hydrogens is 304 g/mol. The molecule has 0 radical (unpaired) electrons. The summed E-state index contributed by atoms with van der Waals surface area (Å²) in [6.45, 7) is 4.53. The van der Waals surface area contributed by atoms with Crippen LogP contribution in [-0.2, 0) is 0 Å². The number of anilines is 1. The number of hydrogen-bond acceptors (Lipinski definition) is 5. The number of rotatable bonds is 3. The van der Waals surface area contributed by atoms with Gasteiger partial charge in [0, 0.05) is 31.6 Å². The van der Waals surface area contributed by atoms with Crippen LogP contribution in [0.2, 0.25) is 0 Å². The van der Waals surface area contributed by atoms with E-state index in [1.54, 1.807) is 12.5 Å². The Morgan fingerprint density at radius 1 is 1.38 bits per heavy atom. The average Bonchev–Trinajstić information content (AvgIpc) is 3.01. The van der Waals surface area contributed by atoms with E-state index in [9.17, 15) is 4.79 Å². The molecule has 0 unspecified atom stereocenters. The summed E-state index contributed by atoms with van der Waals surface area (Å²) in [7, 11) is 3.92. The number of nitrogens with zero attached hydrogens (tertiary/aromatic N) is 3. The van der Waals surface area contributed by atoms with E-state index < -0.39 is 0 Å². The van der Waals surface area contributed by atoms with Gasteiger partial charge in [-0.1, -0.05) is 0 Å². The molecule has 3 aliphatic rings. The van der Waals surface area contributed by atoms with Gasteiger partial charge >= 0.3 is 0 Å². The molecule has 3 saturated heterocycles. The summed E-state index contributed by atoms with van der Waals surface area (Å²) in [5.41, 5.74) is 2.11. The van der Waals surface area contributed by atoms with Crippen molar-refractivity contribution in [2.75, 3.05) is 32.1 Å². The van der Waals surface area contributed by atoms with E-state index in [4.69, 9.17) is 4.42 Å². The number of nitrogens with one attached hydrogen (secondary N) is 1. The SMILES string of the molecule is C[C@H]1[C@H](NC(=O)c2cc3c(N(C)C)coc3cn2)C2CCN1CC2. The Morgan fingerprint density at radius 3 is 2.79 bits per heavy atom. The number of aromatic nitrogens is 1. The molecule has 2 atom stereocenters. The van der Waals surface area contributed by atoms with Gasteiger partial charge in [-0.2, -0.15) is 0 Å².